The SMILES string of the molecule is CC(C)(C)c1cc(CN2CCN(C3c4ccccc4CCc4ccccc43)CC2)cc(C(C)(C)C)c1O. The Hall–Kier alpha value is -2.62. The highest BCUT2D eigenvalue weighted by atomic mass is 16.3. The predicted molar refractivity (Wildman–Crippen MR) is 154 cm³/mol. The Balaban J connectivity index is 1.38. The number of hydrogen-bond donors (Lipinski definition) is 1. The second-order valence-electron chi connectivity index (χ2n) is 13.2. The fourth-order valence-electron chi connectivity index (χ4n) is 6.25. The summed E-state index contributed by atoms with van der Waals surface area (Å²) < 4.78 is 0. The number of aromatic hydroxyl groups is 1. The molecule has 3 nitrogen and oxygen atoms in total. The van der Waals surface area contributed by atoms with Gasteiger partial charge in [-0.25, -0.2) is 0 Å². The summed E-state index contributed by atoms with van der Waals surface area (Å²) in [7, 11) is 0. The number of phenols is 1. The van der Waals surface area contributed by atoms with Crippen LogP contribution in [0.3, 0.4) is 0 Å². The first kappa shape index (κ1) is 26.0. The molecular formula is C34H44N2O. The smallest absolute Gasteiger partial charge is 0.123 e. The average molecular weight is 497 g/mol. The third-order valence-electron chi connectivity index (χ3n) is 8.33. The summed E-state index contributed by atoms with van der Waals surface area (Å²) in [4.78, 5) is 5.30. The van der Waals surface area contributed by atoms with Crippen molar-refractivity contribution in [2.75, 3.05) is 26.2 Å². The van der Waals surface area contributed by atoms with Gasteiger partial charge in [0.05, 0.1) is 6.04 Å². The minimum Gasteiger partial charge on any atom is -0.507 e. The van der Waals surface area contributed by atoms with Crippen LogP contribution >= 0.6 is 0 Å². The highest BCUT2D eigenvalue weighted by Crippen LogP contribution is 2.41. The van der Waals surface area contributed by atoms with E-state index >= 15 is 0 Å². The molecule has 3 aromatic carbocycles. The van der Waals surface area contributed by atoms with Crippen molar-refractivity contribution in [1.82, 2.24) is 9.80 Å². The highest BCUT2D eigenvalue weighted by molar-refractivity contribution is 5.50. The molecule has 0 spiro atoms. The van der Waals surface area contributed by atoms with Gasteiger partial charge in [-0.1, -0.05) is 102 Å². The van der Waals surface area contributed by atoms with Crippen LogP contribution in [0.1, 0.15) is 86.5 Å². The zero-order valence-electron chi connectivity index (χ0n) is 23.6. The Morgan fingerprint density at radius 2 is 1.16 bits per heavy atom. The molecule has 0 amide bonds. The molecule has 3 heteroatoms. The van der Waals surface area contributed by atoms with Crippen LogP contribution < -0.4 is 0 Å². The van der Waals surface area contributed by atoms with E-state index in [1.807, 2.05) is 0 Å². The van der Waals surface area contributed by atoms with Crippen molar-refractivity contribution in [2.24, 2.45) is 0 Å². The minimum atomic E-state index is -0.0982. The van der Waals surface area contributed by atoms with Crippen LogP contribution in [-0.2, 0) is 30.2 Å². The number of phenolic OH excluding ortho intramolecular Hbond substituents is 1. The Morgan fingerprint density at radius 1 is 0.703 bits per heavy atom. The molecule has 0 radical (unpaired) electrons. The van der Waals surface area contributed by atoms with Gasteiger partial charge in [0.25, 0.3) is 0 Å². The number of fused-ring (bicyclic) bond motifs is 2. The molecule has 1 heterocycles. The number of piperazine rings is 1. The lowest BCUT2D eigenvalue weighted by Gasteiger charge is -2.40. The van der Waals surface area contributed by atoms with E-state index in [1.54, 1.807) is 0 Å². The maximum Gasteiger partial charge on any atom is 0.123 e. The average Bonchev–Trinajstić information content (AvgIpc) is 3.01. The van der Waals surface area contributed by atoms with Crippen LogP contribution in [0, 0.1) is 0 Å². The summed E-state index contributed by atoms with van der Waals surface area (Å²) in [5.41, 5.74) is 9.21. The summed E-state index contributed by atoms with van der Waals surface area (Å²) in [6.45, 7) is 18.3. The number of aryl methyl sites for hydroxylation is 2. The number of nitrogens with zero attached hydrogens (tertiary/aromatic N) is 2. The zero-order valence-corrected chi connectivity index (χ0v) is 23.6. The van der Waals surface area contributed by atoms with Crippen molar-refractivity contribution in [3.05, 3.63) is 99.6 Å². The molecule has 0 aromatic heterocycles. The van der Waals surface area contributed by atoms with Crippen LogP contribution in [0.15, 0.2) is 60.7 Å². The zero-order chi connectivity index (χ0) is 26.4. The number of rotatable bonds is 3. The third kappa shape index (κ3) is 5.35. The van der Waals surface area contributed by atoms with Crippen LogP contribution in [-0.4, -0.2) is 41.1 Å². The van der Waals surface area contributed by atoms with Crippen molar-refractivity contribution in [3.63, 3.8) is 0 Å². The quantitative estimate of drug-likeness (QED) is 0.423. The van der Waals surface area contributed by atoms with Crippen molar-refractivity contribution >= 4 is 0 Å². The molecule has 5 rings (SSSR count). The van der Waals surface area contributed by atoms with Gasteiger partial charge in [0.15, 0.2) is 0 Å². The molecule has 0 unspecified atom stereocenters. The lowest BCUT2D eigenvalue weighted by Crippen LogP contribution is -2.47. The van der Waals surface area contributed by atoms with Gasteiger partial charge in [0.1, 0.15) is 5.75 Å². The first-order valence-corrected chi connectivity index (χ1v) is 14.0. The van der Waals surface area contributed by atoms with Crippen LogP contribution in [0.2, 0.25) is 0 Å². The molecule has 1 aliphatic carbocycles. The van der Waals surface area contributed by atoms with Crippen LogP contribution in [0.5, 0.6) is 5.75 Å². The lowest BCUT2D eigenvalue weighted by molar-refractivity contribution is 0.104. The molecular weight excluding hydrogens is 452 g/mol. The van der Waals surface area contributed by atoms with E-state index in [0.717, 1.165) is 56.7 Å². The summed E-state index contributed by atoms with van der Waals surface area (Å²) >= 11 is 0. The van der Waals surface area contributed by atoms with E-state index in [1.165, 1.54) is 27.8 Å². The number of benzene rings is 3. The van der Waals surface area contributed by atoms with Gasteiger partial charge in [0.2, 0.25) is 0 Å². The first-order valence-electron chi connectivity index (χ1n) is 14.0. The van der Waals surface area contributed by atoms with E-state index in [0.29, 0.717) is 11.8 Å². The van der Waals surface area contributed by atoms with E-state index < -0.39 is 0 Å². The molecule has 1 fully saturated rings. The van der Waals surface area contributed by atoms with Gasteiger partial charge >= 0.3 is 0 Å². The van der Waals surface area contributed by atoms with Crippen molar-refractivity contribution in [1.29, 1.82) is 0 Å². The standard InChI is InChI=1S/C34H44N2O/c1-33(2,3)29-21-24(22-30(32(29)37)34(4,5)6)23-35-17-19-36(20-18-35)31-27-13-9-7-11-25(27)15-16-26-12-8-10-14-28(26)31/h7-14,21-22,31,37H,15-20,23H2,1-6H3. The van der Waals surface area contributed by atoms with Gasteiger partial charge in [-0.2, -0.15) is 0 Å². The van der Waals surface area contributed by atoms with Gasteiger partial charge in [-0.05, 0) is 62.6 Å². The van der Waals surface area contributed by atoms with Gasteiger partial charge in [0, 0.05) is 32.7 Å². The fraction of sp³-hybridized carbons (Fsp3) is 0.471. The second-order valence-corrected chi connectivity index (χ2v) is 13.2. The Morgan fingerprint density at radius 3 is 1.62 bits per heavy atom. The molecule has 2 aliphatic rings. The van der Waals surface area contributed by atoms with E-state index in [4.69, 9.17) is 0 Å². The molecule has 0 saturated carbocycles. The van der Waals surface area contributed by atoms with Gasteiger partial charge in [-0.3, -0.25) is 9.80 Å². The van der Waals surface area contributed by atoms with E-state index in [2.05, 4.69) is 112 Å². The largest absolute Gasteiger partial charge is 0.507 e. The topological polar surface area (TPSA) is 26.7 Å². The second kappa shape index (κ2) is 9.93. The molecule has 196 valence electrons. The van der Waals surface area contributed by atoms with Gasteiger partial charge in [-0.15, -0.1) is 0 Å². The van der Waals surface area contributed by atoms with E-state index in [-0.39, 0.29) is 10.8 Å². The molecule has 3 aromatic rings. The highest BCUT2D eigenvalue weighted by Gasteiger charge is 2.32. The van der Waals surface area contributed by atoms with Crippen LogP contribution in [0.4, 0.5) is 0 Å². The molecule has 1 saturated heterocycles. The Labute approximate surface area is 224 Å². The van der Waals surface area contributed by atoms with Crippen molar-refractivity contribution in [2.45, 2.75) is 77.8 Å². The predicted octanol–water partition coefficient (Wildman–Crippen LogP) is 6.99. The molecule has 1 aliphatic heterocycles. The van der Waals surface area contributed by atoms with Crippen LogP contribution in [0.25, 0.3) is 0 Å². The molecule has 1 N–H and O–H groups in total. The molecule has 0 atom stereocenters. The Bertz CT molecular complexity index is 1170. The monoisotopic (exact) mass is 496 g/mol. The number of hydrogen-bond acceptors (Lipinski definition) is 3. The fourth-order valence-corrected chi connectivity index (χ4v) is 6.25. The molecule has 37 heavy (non-hydrogen) atoms. The van der Waals surface area contributed by atoms with E-state index in [9.17, 15) is 5.11 Å². The summed E-state index contributed by atoms with van der Waals surface area (Å²) in [5.74, 6) is 0.472. The van der Waals surface area contributed by atoms with Crippen molar-refractivity contribution in [3.8, 4) is 5.75 Å². The Kier molecular flexibility index (Phi) is 6.98. The minimum absolute atomic E-state index is 0.0982. The van der Waals surface area contributed by atoms with Crippen molar-refractivity contribution < 1.29 is 5.11 Å². The van der Waals surface area contributed by atoms with Gasteiger partial charge < -0.3 is 5.11 Å². The first-order chi connectivity index (χ1) is 17.5. The normalized spacial score (nSPS) is 17.8. The summed E-state index contributed by atoms with van der Waals surface area (Å²) in [6.07, 6.45) is 2.24. The maximum absolute atomic E-state index is 11.1. The summed E-state index contributed by atoms with van der Waals surface area (Å²) in [6, 6.07) is 23.0. The lowest BCUT2D eigenvalue weighted by atomic mass is 9.78. The maximum atomic E-state index is 11.1. The summed E-state index contributed by atoms with van der Waals surface area (Å²) in [5, 5.41) is 11.1. The third-order valence-corrected chi connectivity index (χ3v) is 8.33. The molecule has 0 bridgehead atoms.